The minimum absolute atomic E-state index is 0.0743. The molecule has 0 aromatic carbocycles. The molecule has 0 radical (unpaired) electrons. The fourth-order valence-electron chi connectivity index (χ4n) is 3.31. The van der Waals surface area contributed by atoms with E-state index in [0.717, 1.165) is 18.8 Å². The maximum absolute atomic E-state index is 12.5. The van der Waals surface area contributed by atoms with Crippen molar-refractivity contribution in [3.05, 3.63) is 0 Å². The summed E-state index contributed by atoms with van der Waals surface area (Å²) in [6, 6.07) is 0.601. The Labute approximate surface area is 111 Å². The number of nitrogens with one attached hydrogen (secondary N) is 1. The summed E-state index contributed by atoms with van der Waals surface area (Å²) < 4.78 is 0. The van der Waals surface area contributed by atoms with E-state index in [9.17, 15) is 4.79 Å². The van der Waals surface area contributed by atoms with Gasteiger partial charge >= 0.3 is 0 Å². The van der Waals surface area contributed by atoms with Crippen molar-refractivity contribution >= 4 is 5.91 Å². The van der Waals surface area contributed by atoms with E-state index in [1.54, 1.807) is 0 Å². The van der Waals surface area contributed by atoms with Crippen LogP contribution in [0.4, 0.5) is 0 Å². The van der Waals surface area contributed by atoms with Crippen molar-refractivity contribution in [3.63, 3.8) is 0 Å². The van der Waals surface area contributed by atoms with Gasteiger partial charge in [0.05, 0.1) is 12.2 Å². The average molecular weight is 252 g/mol. The van der Waals surface area contributed by atoms with Crippen LogP contribution in [-0.4, -0.2) is 29.1 Å². The molecule has 4 atom stereocenters. The van der Waals surface area contributed by atoms with Crippen molar-refractivity contribution in [1.29, 1.82) is 0 Å². The molecule has 2 rings (SSSR count). The molecule has 1 saturated carbocycles. The highest BCUT2D eigenvalue weighted by molar-refractivity contribution is 5.85. The highest BCUT2D eigenvalue weighted by Crippen LogP contribution is 2.42. The van der Waals surface area contributed by atoms with Gasteiger partial charge < -0.3 is 4.90 Å². The topological polar surface area (TPSA) is 32.3 Å². The van der Waals surface area contributed by atoms with Gasteiger partial charge in [-0.3, -0.25) is 10.1 Å². The summed E-state index contributed by atoms with van der Waals surface area (Å²) in [5.41, 5.74) is 0. The third-order valence-corrected chi connectivity index (χ3v) is 4.34. The summed E-state index contributed by atoms with van der Waals surface area (Å²) in [6.45, 7) is 8.81. The van der Waals surface area contributed by atoms with Gasteiger partial charge in [0.2, 0.25) is 5.91 Å². The summed E-state index contributed by atoms with van der Waals surface area (Å²) in [4.78, 5) is 14.7. The van der Waals surface area contributed by atoms with Crippen LogP contribution in [0, 0.1) is 11.8 Å². The van der Waals surface area contributed by atoms with Crippen molar-refractivity contribution < 1.29 is 4.79 Å². The van der Waals surface area contributed by atoms with Crippen molar-refractivity contribution in [2.45, 2.75) is 78.0 Å². The predicted octanol–water partition coefficient (Wildman–Crippen LogP) is 2.76. The molecule has 1 aliphatic carbocycles. The van der Waals surface area contributed by atoms with Crippen LogP contribution in [-0.2, 0) is 4.79 Å². The monoisotopic (exact) mass is 252 g/mol. The van der Waals surface area contributed by atoms with Crippen LogP contribution < -0.4 is 5.32 Å². The number of carbonyl (C=O) groups excluding carboxylic acids is 1. The maximum Gasteiger partial charge on any atom is 0.241 e. The van der Waals surface area contributed by atoms with Gasteiger partial charge in [0.25, 0.3) is 0 Å². The van der Waals surface area contributed by atoms with Crippen LogP contribution in [0.5, 0.6) is 0 Å². The first-order valence-electron chi connectivity index (χ1n) is 7.68. The van der Waals surface area contributed by atoms with E-state index < -0.39 is 0 Å². The van der Waals surface area contributed by atoms with Gasteiger partial charge in [-0.05, 0) is 31.1 Å². The predicted molar refractivity (Wildman–Crippen MR) is 74.1 cm³/mol. The fraction of sp³-hybridized carbons (Fsp3) is 0.933. The lowest BCUT2D eigenvalue weighted by Gasteiger charge is -2.27. The number of amides is 1. The molecular formula is C15H28N2O. The molecule has 0 bridgehead atoms. The first kappa shape index (κ1) is 13.9. The van der Waals surface area contributed by atoms with Crippen LogP contribution in [0.15, 0.2) is 0 Å². The molecule has 104 valence electrons. The van der Waals surface area contributed by atoms with E-state index in [2.05, 4.69) is 37.9 Å². The van der Waals surface area contributed by atoms with Crippen LogP contribution in [0.1, 0.15) is 59.8 Å². The second-order valence-corrected chi connectivity index (χ2v) is 6.29. The minimum Gasteiger partial charge on any atom is -0.322 e. The molecule has 0 aromatic heterocycles. The van der Waals surface area contributed by atoms with Gasteiger partial charge in [-0.15, -0.1) is 0 Å². The molecule has 0 aromatic rings. The Balaban J connectivity index is 2.04. The SMILES string of the molecule is CCCC1NC(C(C)C)N(C2CC2CCC)C1=O. The quantitative estimate of drug-likeness (QED) is 0.788. The zero-order chi connectivity index (χ0) is 13.3. The molecule has 1 saturated heterocycles. The van der Waals surface area contributed by atoms with E-state index in [0.29, 0.717) is 17.9 Å². The minimum atomic E-state index is 0.0743. The van der Waals surface area contributed by atoms with Crippen LogP contribution in [0.25, 0.3) is 0 Å². The van der Waals surface area contributed by atoms with Gasteiger partial charge in [-0.1, -0.05) is 40.5 Å². The first-order chi connectivity index (χ1) is 8.60. The lowest BCUT2D eigenvalue weighted by molar-refractivity contribution is -0.131. The zero-order valence-corrected chi connectivity index (χ0v) is 12.3. The smallest absolute Gasteiger partial charge is 0.241 e. The van der Waals surface area contributed by atoms with E-state index in [-0.39, 0.29) is 12.2 Å². The summed E-state index contributed by atoms with van der Waals surface area (Å²) in [6.07, 6.45) is 6.05. The number of rotatable bonds is 6. The number of carbonyl (C=O) groups is 1. The van der Waals surface area contributed by atoms with Gasteiger partial charge in [-0.25, -0.2) is 0 Å². The van der Waals surface area contributed by atoms with Crippen molar-refractivity contribution in [2.24, 2.45) is 11.8 Å². The molecule has 1 aliphatic heterocycles. The maximum atomic E-state index is 12.5. The van der Waals surface area contributed by atoms with Gasteiger partial charge in [0.15, 0.2) is 0 Å². The van der Waals surface area contributed by atoms with Crippen molar-refractivity contribution in [1.82, 2.24) is 10.2 Å². The largest absolute Gasteiger partial charge is 0.322 e. The zero-order valence-electron chi connectivity index (χ0n) is 12.3. The van der Waals surface area contributed by atoms with Gasteiger partial charge in [0.1, 0.15) is 0 Å². The lowest BCUT2D eigenvalue weighted by atomic mass is 10.1. The molecule has 1 amide bonds. The van der Waals surface area contributed by atoms with E-state index in [1.807, 2.05) is 0 Å². The number of nitrogens with zero attached hydrogens (tertiary/aromatic N) is 1. The Bertz CT molecular complexity index is 303. The summed E-state index contributed by atoms with van der Waals surface area (Å²) >= 11 is 0. The van der Waals surface area contributed by atoms with Crippen molar-refractivity contribution in [3.8, 4) is 0 Å². The fourth-order valence-corrected chi connectivity index (χ4v) is 3.31. The highest BCUT2D eigenvalue weighted by Gasteiger charge is 2.51. The Morgan fingerprint density at radius 3 is 2.50 bits per heavy atom. The van der Waals surface area contributed by atoms with E-state index >= 15 is 0 Å². The lowest BCUT2D eigenvalue weighted by Crippen LogP contribution is -2.43. The highest BCUT2D eigenvalue weighted by atomic mass is 16.2. The second-order valence-electron chi connectivity index (χ2n) is 6.29. The van der Waals surface area contributed by atoms with E-state index in [1.165, 1.54) is 19.3 Å². The third kappa shape index (κ3) is 2.56. The molecule has 18 heavy (non-hydrogen) atoms. The third-order valence-electron chi connectivity index (χ3n) is 4.34. The Hall–Kier alpha value is -0.570. The second kappa shape index (κ2) is 5.60. The first-order valence-corrected chi connectivity index (χ1v) is 7.68. The standard InChI is InChI=1S/C15H28N2O/c1-5-7-11-9-13(11)17-14(10(3)4)16-12(8-6-2)15(17)18/h10-14,16H,5-9H2,1-4H3. The molecule has 4 unspecified atom stereocenters. The van der Waals surface area contributed by atoms with Crippen LogP contribution in [0.3, 0.4) is 0 Å². The molecule has 1 N–H and O–H groups in total. The summed E-state index contributed by atoms with van der Waals surface area (Å²) in [5.74, 6) is 1.63. The average Bonchev–Trinajstić information content (AvgIpc) is 2.98. The Morgan fingerprint density at radius 2 is 1.94 bits per heavy atom. The molecule has 3 nitrogen and oxygen atoms in total. The normalized spacial score (nSPS) is 35.6. The summed E-state index contributed by atoms with van der Waals surface area (Å²) in [7, 11) is 0. The molecule has 2 fully saturated rings. The molecular weight excluding hydrogens is 224 g/mol. The van der Waals surface area contributed by atoms with Crippen LogP contribution >= 0.6 is 0 Å². The summed E-state index contributed by atoms with van der Waals surface area (Å²) in [5, 5.41) is 3.55. The van der Waals surface area contributed by atoms with Crippen LogP contribution in [0.2, 0.25) is 0 Å². The molecule has 0 spiro atoms. The Kier molecular flexibility index (Phi) is 4.31. The molecule has 1 heterocycles. The Morgan fingerprint density at radius 1 is 1.28 bits per heavy atom. The van der Waals surface area contributed by atoms with E-state index in [4.69, 9.17) is 0 Å². The molecule has 3 heteroatoms. The van der Waals surface area contributed by atoms with Gasteiger partial charge in [0, 0.05) is 6.04 Å². The number of hydrogen-bond acceptors (Lipinski definition) is 2. The van der Waals surface area contributed by atoms with Crippen molar-refractivity contribution in [2.75, 3.05) is 0 Å². The van der Waals surface area contributed by atoms with Gasteiger partial charge in [-0.2, -0.15) is 0 Å². The number of hydrogen-bond donors (Lipinski definition) is 1. The molecule has 2 aliphatic rings.